The van der Waals surface area contributed by atoms with E-state index in [0.717, 1.165) is 11.1 Å². The number of methoxy groups -OCH3 is 2. The van der Waals surface area contributed by atoms with E-state index in [1.165, 1.54) is 14.2 Å². The molecule has 3 aliphatic rings. The zero-order chi connectivity index (χ0) is 28.9. The van der Waals surface area contributed by atoms with Crippen molar-refractivity contribution in [3.8, 4) is 23.3 Å². The van der Waals surface area contributed by atoms with Gasteiger partial charge in [0.25, 0.3) is 17.7 Å². The Balaban J connectivity index is 1.44. The first kappa shape index (κ1) is 27.8. The first-order valence-corrected chi connectivity index (χ1v) is 13.3. The van der Waals surface area contributed by atoms with E-state index < -0.39 is 12.1 Å². The quantitative estimate of drug-likeness (QED) is 0.500. The van der Waals surface area contributed by atoms with Gasteiger partial charge >= 0.3 is 0 Å². The van der Waals surface area contributed by atoms with Crippen LogP contribution in [-0.4, -0.2) is 73.7 Å². The number of likely N-dealkylation sites (tertiary alicyclic amines) is 1. The number of aromatic nitrogens is 1. The number of hydrogen-bond acceptors (Lipinski definition) is 8. The highest BCUT2D eigenvalue weighted by Crippen LogP contribution is 2.26. The molecule has 3 aromatic rings. The number of fused-ring (bicyclic) bond motifs is 7. The second-order valence-electron chi connectivity index (χ2n) is 9.88. The van der Waals surface area contributed by atoms with Crippen molar-refractivity contribution < 1.29 is 33.3 Å². The third kappa shape index (κ3) is 6.34. The summed E-state index contributed by atoms with van der Waals surface area (Å²) in [5.41, 5.74) is 2.35. The number of pyridine rings is 1. The lowest BCUT2D eigenvalue weighted by atomic mass is 10.00. The molecule has 11 nitrogen and oxygen atoms in total. The second-order valence-corrected chi connectivity index (χ2v) is 9.88. The highest BCUT2D eigenvalue weighted by molar-refractivity contribution is 5.97. The topological polar surface area (TPSA) is 128 Å². The molecule has 0 aliphatic carbocycles. The van der Waals surface area contributed by atoms with Gasteiger partial charge in [0.2, 0.25) is 11.8 Å². The van der Waals surface area contributed by atoms with Crippen molar-refractivity contribution in [2.45, 2.75) is 32.0 Å². The number of nitrogens with zero attached hydrogens (tertiary/aromatic N) is 2. The SMILES string of the molecule is COc1ccc(C(=O)N2CC[C@@H]3Oc4ccc(cc4)CNC(=O)COc4cc(ccc4C)C(=O)N[C@H]3C2)c(OC)n1. The van der Waals surface area contributed by atoms with E-state index in [4.69, 9.17) is 18.9 Å². The second kappa shape index (κ2) is 12.2. The molecule has 2 atom stereocenters. The molecule has 41 heavy (non-hydrogen) atoms. The van der Waals surface area contributed by atoms with Crippen molar-refractivity contribution >= 4 is 17.7 Å². The summed E-state index contributed by atoms with van der Waals surface area (Å²) in [5, 5.41) is 5.90. The summed E-state index contributed by atoms with van der Waals surface area (Å²) >= 11 is 0. The number of carbonyl (C=O) groups excluding carboxylic acids is 3. The van der Waals surface area contributed by atoms with Gasteiger partial charge < -0.3 is 34.5 Å². The molecule has 1 fully saturated rings. The molecular weight excluding hydrogens is 528 g/mol. The van der Waals surface area contributed by atoms with Crippen LogP contribution in [0, 0.1) is 6.92 Å². The van der Waals surface area contributed by atoms with Gasteiger partial charge in [0, 0.05) is 37.7 Å². The number of hydrogen-bond donors (Lipinski definition) is 2. The minimum atomic E-state index is -0.526. The van der Waals surface area contributed by atoms with Crippen molar-refractivity contribution in [2.75, 3.05) is 33.9 Å². The molecule has 11 heteroatoms. The van der Waals surface area contributed by atoms with Crippen molar-refractivity contribution in [3.63, 3.8) is 0 Å². The predicted octanol–water partition coefficient (Wildman–Crippen LogP) is 2.51. The summed E-state index contributed by atoms with van der Waals surface area (Å²) in [4.78, 5) is 45.2. The van der Waals surface area contributed by atoms with E-state index in [0.29, 0.717) is 48.0 Å². The van der Waals surface area contributed by atoms with Gasteiger partial charge in [0.15, 0.2) is 6.61 Å². The summed E-state index contributed by atoms with van der Waals surface area (Å²) < 4.78 is 22.6. The van der Waals surface area contributed by atoms with Gasteiger partial charge in [-0.2, -0.15) is 4.98 Å². The molecule has 4 heterocycles. The summed E-state index contributed by atoms with van der Waals surface area (Å²) in [6.07, 6.45) is 0.0733. The van der Waals surface area contributed by atoms with Crippen LogP contribution in [0.5, 0.6) is 23.3 Å². The fourth-order valence-corrected chi connectivity index (χ4v) is 4.82. The van der Waals surface area contributed by atoms with Gasteiger partial charge in [-0.15, -0.1) is 0 Å². The number of nitrogens with one attached hydrogen (secondary N) is 2. The number of benzene rings is 2. The molecule has 6 rings (SSSR count). The summed E-state index contributed by atoms with van der Waals surface area (Å²) in [5.74, 6) is 0.646. The van der Waals surface area contributed by atoms with Crippen LogP contribution in [0.25, 0.3) is 0 Å². The van der Waals surface area contributed by atoms with Crippen LogP contribution in [-0.2, 0) is 11.3 Å². The molecule has 214 valence electrons. The van der Waals surface area contributed by atoms with Crippen LogP contribution < -0.4 is 29.6 Å². The Morgan fingerprint density at radius 2 is 1.85 bits per heavy atom. The van der Waals surface area contributed by atoms with E-state index >= 15 is 0 Å². The van der Waals surface area contributed by atoms with Crippen molar-refractivity contribution in [1.29, 1.82) is 0 Å². The monoisotopic (exact) mass is 560 g/mol. The van der Waals surface area contributed by atoms with Crippen LogP contribution in [0.15, 0.2) is 54.6 Å². The van der Waals surface area contributed by atoms with Gasteiger partial charge in [-0.05, 0) is 48.4 Å². The lowest BCUT2D eigenvalue weighted by Crippen LogP contribution is -2.58. The van der Waals surface area contributed by atoms with Crippen LogP contribution in [0.3, 0.4) is 0 Å². The van der Waals surface area contributed by atoms with E-state index in [1.54, 1.807) is 35.2 Å². The molecule has 0 unspecified atom stereocenters. The van der Waals surface area contributed by atoms with E-state index in [-0.39, 0.29) is 36.8 Å². The smallest absolute Gasteiger partial charge is 0.259 e. The number of rotatable bonds is 3. The minimum absolute atomic E-state index is 0.158. The van der Waals surface area contributed by atoms with Gasteiger partial charge in [0.05, 0.1) is 20.3 Å². The number of ether oxygens (including phenoxy) is 4. The largest absolute Gasteiger partial charge is 0.488 e. The molecule has 0 spiro atoms. The predicted molar refractivity (Wildman–Crippen MR) is 148 cm³/mol. The Bertz CT molecular complexity index is 1440. The summed E-state index contributed by atoms with van der Waals surface area (Å²) in [7, 11) is 2.93. The molecule has 4 bridgehead atoms. The maximum Gasteiger partial charge on any atom is 0.259 e. The van der Waals surface area contributed by atoms with Crippen LogP contribution in [0.4, 0.5) is 0 Å². The molecule has 3 aliphatic heterocycles. The normalized spacial score (nSPS) is 19.0. The lowest BCUT2D eigenvalue weighted by molar-refractivity contribution is -0.123. The molecule has 0 radical (unpaired) electrons. The van der Waals surface area contributed by atoms with Gasteiger partial charge in [-0.1, -0.05) is 18.2 Å². The van der Waals surface area contributed by atoms with Crippen molar-refractivity contribution in [3.05, 3.63) is 76.9 Å². The Morgan fingerprint density at radius 1 is 1.05 bits per heavy atom. The maximum absolute atomic E-state index is 13.6. The van der Waals surface area contributed by atoms with Gasteiger partial charge in [-0.25, -0.2) is 0 Å². The number of aryl methyl sites for hydroxylation is 1. The highest BCUT2D eigenvalue weighted by atomic mass is 16.5. The van der Waals surface area contributed by atoms with Gasteiger partial charge in [0.1, 0.15) is 23.2 Å². The fraction of sp³-hybridized carbons (Fsp3) is 0.333. The third-order valence-electron chi connectivity index (χ3n) is 7.13. The third-order valence-corrected chi connectivity index (χ3v) is 7.13. The van der Waals surface area contributed by atoms with Crippen LogP contribution in [0.1, 0.15) is 38.3 Å². The van der Waals surface area contributed by atoms with Crippen molar-refractivity contribution in [1.82, 2.24) is 20.5 Å². The zero-order valence-corrected chi connectivity index (χ0v) is 23.1. The fourth-order valence-electron chi connectivity index (χ4n) is 4.82. The number of amides is 3. The lowest BCUT2D eigenvalue weighted by Gasteiger charge is -2.39. The molecular formula is C30H32N4O7. The average molecular weight is 561 g/mol. The standard InChI is InChI=1S/C30H32N4O7/c1-18-4-7-20-14-25(18)40-17-26(35)31-15-19-5-8-21(9-6-19)41-24-12-13-34(16-23(24)32-28(20)36)30(37)22-10-11-27(38-2)33-29(22)39-3/h4-11,14,23-24H,12-13,15-17H2,1-3H3,(H,31,35)(H,32,36)/t23-,24-/m0/s1. The number of piperidine rings is 1. The van der Waals surface area contributed by atoms with E-state index in [2.05, 4.69) is 15.6 Å². The van der Waals surface area contributed by atoms with E-state index in [9.17, 15) is 14.4 Å². The molecule has 3 amide bonds. The molecule has 1 aromatic heterocycles. The summed E-state index contributed by atoms with van der Waals surface area (Å²) in [6.45, 7) is 2.61. The zero-order valence-electron chi connectivity index (χ0n) is 23.1. The Labute approximate surface area is 237 Å². The van der Waals surface area contributed by atoms with Crippen molar-refractivity contribution in [2.24, 2.45) is 0 Å². The molecule has 1 saturated heterocycles. The van der Waals surface area contributed by atoms with E-state index in [1.807, 2.05) is 31.2 Å². The van der Waals surface area contributed by atoms with Crippen LogP contribution in [0.2, 0.25) is 0 Å². The van der Waals surface area contributed by atoms with Gasteiger partial charge in [-0.3, -0.25) is 14.4 Å². The van der Waals surface area contributed by atoms with Crippen LogP contribution >= 0.6 is 0 Å². The summed E-state index contributed by atoms with van der Waals surface area (Å²) in [6, 6.07) is 15.2. The minimum Gasteiger partial charge on any atom is -0.488 e. The Hall–Kier alpha value is -4.80. The first-order valence-electron chi connectivity index (χ1n) is 13.3. The first-order chi connectivity index (χ1) is 19.8. The molecule has 0 saturated carbocycles. The Morgan fingerprint density at radius 3 is 2.61 bits per heavy atom. The molecule has 2 aromatic carbocycles. The number of carbonyl (C=O) groups is 3. The Kier molecular flexibility index (Phi) is 8.23. The average Bonchev–Trinajstić information content (AvgIpc) is 3.00. The molecule has 2 N–H and O–H groups in total. The maximum atomic E-state index is 13.6. The highest BCUT2D eigenvalue weighted by Gasteiger charge is 2.35.